The average molecular weight is 328 g/mol. The first-order valence-electron chi connectivity index (χ1n) is 7.14. The number of ether oxygens (including phenoxy) is 1. The second-order valence-electron chi connectivity index (χ2n) is 4.92. The molecule has 1 fully saturated rings. The zero-order chi connectivity index (χ0) is 15.1. The number of carbonyl (C=O) groups is 2. The summed E-state index contributed by atoms with van der Waals surface area (Å²) in [7, 11) is 1.58. The van der Waals surface area contributed by atoms with Crippen LogP contribution in [0.2, 0.25) is 0 Å². The first kappa shape index (κ1) is 18.3. The van der Waals surface area contributed by atoms with Crippen molar-refractivity contribution in [2.45, 2.75) is 18.9 Å². The fourth-order valence-electron chi connectivity index (χ4n) is 2.24. The first-order valence-corrected chi connectivity index (χ1v) is 7.14. The number of halogens is 1. The van der Waals surface area contributed by atoms with Gasteiger partial charge in [-0.05, 0) is 43.7 Å². The standard InChI is InChI=1S/C15H21N3O3.ClH/c1-21-12-6-4-11(5-7-12)14(19)17-9-10-18-15(20)13-3-2-8-16-13;/h4-7,13,16H,2-3,8-10H2,1H3,(H,17,19)(H,18,20);1H. The third kappa shape index (κ3) is 5.20. The predicted octanol–water partition coefficient (Wildman–Crippen LogP) is 0.715. The Hall–Kier alpha value is -1.79. The van der Waals surface area contributed by atoms with Crippen LogP contribution in [-0.2, 0) is 4.79 Å². The number of rotatable bonds is 6. The molecule has 1 aromatic rings. The Morgan fingerprint density at radius 2 is 1.91 bits per heavy atom. The molecule has 7 heteroatoms. The highest BCUT2D eigenvalue weighted by Gasteiger charge is 2.21. The molecule has 1 aliphatic rings. The lowest BCUT2D eigenvalue weighted by atomic mass is 10.2. The Balaban J connectivity index is 0.00000242. The maximum Gasteiger partial charge on any atom is 0.251 e. The molecular formula is C15H22ClN3O3. The van der Waals surface area contributed by atoms with E-state index in [4.69, 9.17) is 4.74 Å². The summed E-state index contributed by atoms with van der Waals surface area (Å²) in [5, 5.41) is 8.71. The van der Waals surface area contributed by atoms with Gasteiger partial charge in [-0.15, -0.1) is 12.4 Å². The summed E-state index contributed by atoms with van der Waals surface area (Å²) in [5.74, 6) is 0.556. The molecule has 2 rings (SSSR count). The molecule has 0 aromatic heterocycles. The summed E-state index contributed by atoms with van der Waals surface area (Å²) in [6.07, 6.45) is 1.91. The number of hydrogen-bond donors (Lipinski definition) is 3. The molecule has 0 saturated carbocycles. The third-order valence-corrected chi connectivity index (χ3v) is 3.44. The number of nitrogens with one attached hydrogen (secondary N) is 3. The van der Waals surface area contributed by atoms with E-state index in [2.05, 4.69) is 16.0 Å². The van der Waals surface area contributed by atoms with Crippen LogP contribution in [0.5, 0.6) is 5.75 Å². The zero-order valence-corrected chi connectivity index (χ0v) is 13.4. The monoisotopic (exact) mass is 327 g/mol. The van der Waals surface area contributed by atoms with Gasteiger partial charge in [0.25, 0.3) is 5.91 Å². The second-order valence-corrected chi connectivity index (χ2v) is 4.92. The van der Waals surface area contributed by atoms with E-state index in [9.17, 15) is 9.59 Å². The van der Waals surface area contributed by atoms with Gasteiger partial charge in [-0.2, -0.15) is 0 Å². The van der Waals surface area contributed by atoms with Crippen molar-refractivity contribution in [3.8, 4) is 5.75 Å². The lowest BCUT2D eigenvalue weighted by Crippen LogP contribution is -2.43. The molecule has 1 unspecified atom stereocenters. The van der Waals surface area contributed by atoms with Gasteiger partial charge in [0.05, 0.1) is 13.2 Å². The van der Waals surface area contributed by atoms with Gasteiger partial charge in [-0.3, -0.25) is 9.59 Å². The van der Waals surface area contributed by atoms with Gasteiger partial charge in [0.1, 0.15) is 5.75 Å². The van der Waals surface area contributed by atoms with Crippen LogP contribution in [0.15, 0.2) is 24.3 Å². The minimum Gasteiger partial charge on any atom is -0.497 e. The van der Waals surface area contributed by atoms with E-state index in [-0.39, 0.29) is 30.3 Å². The highest BCUT2D eigenvalue weighted by molar-refractivity contribution is 5.94. The van der Waals surface area contributed by atoms with Gasteiger partial charge >= 0.3 is 0 Å². The van der Waals surface area contributed by atoms with Crippen molar-refractivity contribution in [2.75, 3.05) is 26.7 Å². The van der Waals surface area contributed by atoms with Crippen LogP contribution in [0, 0.1) is 0 Å². The highest BCUT2D eigenvalue weighted by Crippen LogP contribution is 2.10. The number of hydrogen-bond acceptors (Lipinski definition) is 4. The molecule has 0 bridgehead atoms. The third-order valence-electron chi connectivity index (χ3n) is 3.44. The Morgan fingerprint density at radius 3 is 2.50 bits per heavy atom. The minimum absolute atomic E-state index is 0. The summed E-state index contributed by atoms with van der Waals surface area (Å²) >= 11 is 0. The van der Waals surface area contributed by atoms with Gasteiger partial charge in [0.2, 0.25) is 5.91 Å². The topological polar surface area (TPSA) is 79.5 Å². The van der Waals surface area contributed by atoms with Gasteiger partial charge in [0.15, 0.2) is 0 Å². The fraction of sp³-hybridized carbons (Fsp3) is 0.467. The molecule has 0 radical (unpaired) electrons. The summed E-state index contributed by atoms with van der Waals surface area (Å²) < 4.78 is 5.04. The number of methoxy groups -OCH3 is 1. The lowest BCUT2D eigenvalue weighted by Gasteiger charge is -2.11. The molecule has 1 saturated heterocycles. The Kier molecular flexibility index (Phi) is 7.70. The van der Waals surface area contributed by atoms with E-state index in [1.54, 1.807) is 31.4 Å². The highest BCUT2D eigenvalue weighted by atomic mass is 35.5. The summed E-state index contributed by atoms with van der Waals surface area (Å²) in [6, 6.07) is 6.80. The Morgan fingerprint density at radius 1 is 1.23 bits per heavy atom. The van der Waals surface area contributed by atoms with E-state index in [1.807, 2.05) is 0 Å². The van der Waals surface area contributed by atoms with Crippen LogP contribution in [0.3, 0.4) is 0 Å². The molecule has 6 nitrogen and oxygen atoms in total. The number of carbonyl (C=O) groups excluding carboxylic acids is 2. The average Bonchev–Trinajstić information content (AvgIpc) is 3.05. The minimum atomic E-state index is -0.161. The smallest absolute Gasteiger partial charge is 0.251 e. The quantitative estimate of drug-likeness (QED) is 0.673. The normalized spacial score (nSPS) is 16.5. The molecule has 2 amide bonds. The molecule has 1 aliphatic heterocycles. The van der Waals surface area contributed by atoms with E-state index in [0.29, 0.717) is 24.4 Å². The van der Waals surface area contributed by atoms with Gasteiger partial charge < -0.3 is 20.7 Å². The first-order chi connectivity index (χ1) is 10.2. The van der Waals surface area contributed by atoms with Gasteiger partial charge in [-0.25, -0.2) is 0 Å². The van der Waals surface area contributed by atoms with Crippen LogP contribution in [-0.4, -0.2) is 44.6 Å². The molecule has 1 aromatic carbocycles. The van der Waals surface area contributed by atoms with Crippen molar-refractivity contribution >= 4 is 24.2 Å². The SMILES string of the molecule is COc1ccc(C(=O)NCCNC(=O)C2CCCN2)cc1.Cl. The maximum absolute atomic E-state index is 11.9. The van der Waals surface area contributed by atoms with Crippen LogP contribution in [0.1, 0.15) is 23.2 Å². The zero-order valence-electron chi connectivity index (χ0n) is 12.6. The summed E-state index contributed by atoms with van der Waals surface area (Å²) in [4.78, 5) is 23.6. The van der Waals surface area contributed by atoms with E-state index in [0.717, 1.165) is 19.4 Å². The van der Waals surface area contributed by atoms with E-state index < -0.39 is 0 Å². The van der Waals surface area contributed by atoms with Gasteiger partial charge in [-0.1, -0.05) is 0 Å². The molecular weight excluding hydrogens is 306 g/mol. The van der Waals surface area contributed by atoms with Crippen LogP contribution < -0.4 is 20.7 Å². The van der Waals surface area contributed by atoms with Crippen molar-refractivity contribution in [1.82, 2.24) is 16.0 Å². The molecule has 1 atom stereocenters. The molecule has 1 heterocycles. The van der Waals surface area contributed by atoms with Crippen molar-refractivity contribution in [1.29, 1.82) is 0 Å². The Bertz CT molecular complexity index is 487. The molecule has 0 spiro atoms. The van der Waals surface area contributed by atoms with Crippen LogP contribution >= 0.6 is 12.4 Å². The molecule has 0 aliphatic carbocycles. The van der Waals surface area contributed by atoms with Crippen molar-refractivity contribution in [3.63, 3.8) is 0 Å². The summed E-state index contributed by atoms with van der Waals surface area (Å²) in [6.45, 7) is 1.73. The van der Waals surface area contributed by atoms with Crippen molar-refractivity contribution in [2.24, 2.45) is 0 Å². The predicted molar refractivity (Wildman–Crippen MR) is 86.6 cm³/mol. The maximum atomic E-state index is 11.9. The summed E-state index contributed by atoms with van der Waals surface area (Å²) in [5.41, 5.74) is 0.569. The van der Waals surface area contributed by atoms with Crippen molar-refractivity contribution in [3.05, 3.63) is 29.8 Å². The van der Waals surface area contributed by atoms with Gasteiger partial charge in [0, 0.05) is 18.7 Å². The van der Waals surface area contributed by atoms with Crippen LogP contribution in [0.25, 0.3) is 0 Å². The molecule has 122 valence electrons. The fourth-order valence-corrected chi connectivity index (χ4v) is 2.24. The van der Waals surface area contributed by atoms with Crippen molar-refractivity contribution < 1.29 is 14.3 Å². The van der Waals surface area contributed by atoms with Crippen LogP contribution in [0.4, 0.5) is 0 Å². The second kappa shape index (κ2) is 9.27. The number of benzene rings is 1. The molecule has 3 N–H and O–H groups in total. The number of amides is 2. The lowest BCUT2D eigenvalue weighted by molar-refractivity contribution is -0.122. The molecule has 22 heavy (non-hydrogen) atoms. The largest absolute Gasteiger partial charge is 0.497 e. The van der Waals surface area contributed by atoms with E-state index >= 15 is 0 Å². The van der Waals surface area contributed by atoms with E-state index in [1.165, 1.54) is 0 Å². The Labute approximate surface area is 136 Å².